The number of carbonyl (C=O) groups excluding carboxylic acids is 1. The third-order valence-corrected chi connectivity index (χ3v) is 8.22. The molecule has 0 aromatic carbocycles. The second kappa shape index (κ2) is 6.11. The number of allylic oxidation sites excluding steroid dienone is 1. The van der Waals surface area contributed by atoms with Gasteiger partial charge in [-0.1, -0.05) is 33.3 Å². The highest BCUT2D eigenvalue weighted by Gasteiger charge is 2.62. The molecule has 0 aliphatic heterocycles. The van der Waals surface area contributed by atoms with Gasteiger partial charge in [0.05, 0.1) is 12.2 Å². The van der Waals surface area contributed by atoms with E-state index in [1.807, 2.05) is 0 Å². The largest absolute Gasteiger partial charge is 0.465 e. The molecule has 3 nitrogen and oxygen atoms in total. The fourth-order valence-electron chi connectivity index (χ4n) is 6.98. The lowest BCUT2D eigenvalue weighted by Crippen LogP contribution is -2.62. The summed E-state index contributed by atoms with van der Waals surface area (Å²) in [5, 5.41) is 11.6. The Morgan fingerprint density at radius 1 is 1.16 bits per heavy atom. The van der Waals surface area contributed by atoms with E-state index in [9.17, 15) is 9.90 Å². The summed E-state index contributed by atoms with van der Waals surface area (Å²) in [5.74, 6) is 0.690. The molecule has 6 atom stereocenters. The number of aliphatic hydroxyl groups is 1. The van der Waals surface area contributed by atoms with Gasteiger partial charge in [0, 0.05) is 12.3 Å². The summed E-state index contributed by atoms with van der Waals surface area (Å²) in [7, 11) is 0. The average Bonchev–Trinajstić information content (AvgIpc) is 2.52. The van der Waals surface area contributed by atoms with E-state index in [0.717, 1.165) is 44.9 Å². The predicted octanol–water partition coefficient (Wildman–Crippen LogP) is 4.88. The summed E-state index contributed by atoms with van der Waals surface area (Å²) in [5.41, 5.74) is -0.321. The smallest absolute Gasteiger partial charge is 0.302 e. The Balaban J connectivity index is 1.88. The first-order chi connectivity index (χ1) is 11.6. The molecule has 0 spiro atoms. The van der Waals surface area contributed by atoms with Crippen molar-refractivity contribution >= 4 is 5.97 Å². The van der Waals surface area contributed by atoms with Crippen LogP contribution in [0.4, 0.5) is 0 Å². The predicted molar refractivity (Wildman–Crippen MR) is 100 cm³/mol. The minimum atomic E-state index is -0.563. The van der Waals surface area contributed by atoms with Gasteiger partial charge in [-0.05, 0) is 67.6 Å². The van der Waals surface area contributed by atoms with Crippen LogP contribution in [-0.2, 0) is 9.53 Å². The Morgan fingerprint density at radius 3 is 2.48 bits per heavy atom. The van der Waals surface area contributed by atoms with Crippen molar-refractivity contribution in [3.05, 3.63) is 12.7 Å². The van der Waals surface area contributed by atoms with Crippen LogP contribution in [0.25, 0.3) is 0 Å². The molecule has 0 saturated heterocycles. The lowest BCUT2D eigenvalue weighted by atomic mass is 9.42. The first-order valence-electron chi connectivity index (χ1n) is 10.1. The van der Waals surface area contributed by atoms with E-state index < -0.39 is 5.60 Å². The van der Waals surface area contributed by atoms with Gasteiger partial charge in [-0.2, -0.15) is 0 Å². The van der Waals surface area contributed by atoms with Crippen molar-refractivity contribution < 1.29 is 14.6 Å². The van der Waals surface area contributed by atoms with Crippen LogP contribution in [0, 0.1) is 28.1 Å². The number of esters is 1. The summed E-state index contributed by atoms with van der Waals surface area (Å²) in [6.07, 6.45) is 10.5. The van der Waals surface area contributed by atoms with Crippen LogP contribution < -0.4 is 0 Å². The van der Waals surface area contributed by atoms with Gasteiger partial charge in [0.15, 0.2) is 0 Å². The third kappa shape index (κ3) is 3.07. The van der Waals surface area contributed by atoms with Crippen LogP contribution in [0.5, 0.6) is 0 Å². The molecule has 3 saturated carbocycles. The summed E-state index contributed by atoms with van der Waals surface area (Å²) in [6, 6.07) is 0. The molecule has 0 unspecified atom stereocenters. The number of ether oxygens (including phenoxy) is 1. The van der Waals surface area contributed by atoms with Crippen molar-refractivity contribution in [3.8, 4) is 0 Å². The number of hydrogen-bond acceptors (Lipinski definition) is 3. The highest BCUT2D eigenvalue weighted by Crippen LogP contribution is 2.66. The quantitative estimate of drug-likeness (QED) is 0.584. The SMILES string of the molecule is C=C[C@@]1(C)CC[C@H]2[C@](O)(CC[C@H]3[C@](C)(COC(C)=O)CCC[C@@]32C)C1. The molecule has 0 aromatic heterocycles. The van der Waals surface area contributed by atoms with Crippen molar-refractivity contribution in [1.29, 1.82) is 0 Å². The fourth-order valence-corrected chi connectivity index (χ4v) is 6.98. The summed E-state index contributed by atoms with van der Waals surface area (Å²) < 4.78 is 5.48. The van der Waals surface area contributed by atoms with Gasteiger partial charge < -0.3 is 9.84 Å². The van der Waals surface area contributed by atoms with E-state index >= 15 is 0 Å². The van der Waals surface area contributed by atoms with Crippen LogP contribution in [0.3, 0.4) is 0 Å². The van der Waals surface area contributed by atoms with Crippen molar-refractivity contribution in [3.63, 3.8) is 0 Å². The molecular weight excluding hydrogens is 312 g/mol. The van der Waals surface area contributed by atoms with Crippen molar-refractivity contribution in [2.45, 2.75) is 84.7 Å². The standard InChI is InChI=1S/C22H36O3/c1-6-19(3)12-8-18-21(5)11-7-10-20(4,15-25-16(2)23)17(21)9-13-22(18,24)14-19/h6,17-18,24H,1,7-15H2,2-5H3/t17-,18+,19-,20-,21-,22-/m0/s1. The normalized spacial score (nSPS) is 49.6. The monoisotopic (exact) mass is 348 g/mol. The van der Waals surface area contributed by atoms with Gasteiger partial charge in [0.25, 0.3) is 0 Å². The van der Waals surface area contributed by atoms with Crippen LogP contribution in [0.1, 0.15) is 79.1 Å². The Labute approximate surface area is 153 Å². The van der Waals surface area contributed by atoms with Crippen molar-refractivity contribution in [2.24, 2.45) is 28.1 Å². The molecule has 3 aliphatic carbocycles. The van der Waals surface area contributed by atoms with E-state index in [2.05, 4.69) is 33.4 Å². The van der Waals surface area contributed by atoms with Gasteiger partial charge in [-0.3, -0.25) is 4.79 Å². The molecule has 3 aliphatic rings. The summed E-state index contributed by atoms with van der Waals surface area (Å²) >= 11 is 0. The third-order valence-electron chi connectivity index (χ3n) is 8.22. The second-order valence-electron chi connectivity index (χ2n) is 10.1. The Bertz CT molecular complexity index is 557. The zero-order valence-corrected chi connectivity index (χ0v) is 16.6. The van der Waals surface area contributed by atoms with Gasteiger partial charge >= 0.3 is 5.97 Å². The van der Waals surface area contributed by atoms with E-state index in [-0.39, 0.29) is 22.2 Å². The summed E-state index contributed by atoms with van der Waals surface area (Å²) in [6.45, 7) is 13.0. The van der Waals surface area contributed by atoms with Crippen molar-refractivity contribution in [2.75, 3.05) is 6.61 Å². The number of hydrogen-bond donors (Lipinski definition) is 1. The molecule has 1 N–H and O–H groups in total. The molecule has 0 amide bonds. The van der Waals surface area contributed by atoms with E-state index in [1.165, 1.54) is 13.3 Å². The lowest BCUT2D eigenvalue weighted by Gasteiger charge is -2.64. The van der Waals surface area contributed by atoms with Gasteiger partial charge in [0.1, 0.15) is 0 Å². The van der Waals surface area contributed by atoms with Crippen LogP contribution >= 0.6 is 0 Å². The number of carbonyl (C=O) groups is 1. The molecule has 3 heteroatoms. The topological polar surface area (TPSA) is 46.5 Å². The molecule has 0 radical (unpaired) electrons. The van der Waals surface area contributed by atoms with Crippen LogP contribution in [0.15, 0.2) is 12.7 Å². The number of fused-ring (bicyclic) bond motifs is 3. The maximum atomic E-state index is 11.6. The first kappa shape index (κ1) is 18.9. The molecule has 142 valence electrons. The lowest BCUT2D eigenvalue weighted by molar-refractivity contribution is -0.212. The Hall–Kier alpha value is -0.830. The second-order valence-corrected chi connectivity index (χ2v) is 10.1. The van der Waals surface area contributed by atoms with E-state index in [0.29, 0.717) is 18.4 Å². The maximum absolute atomic E-state index is 11.6. The summed E-state index contributed by atoms with van der Waals surface area (Å²) in [4.78, 5) is 11.4. The molecule has 0 heterocycles. The molecule has 25 heavy (non-hydrogen) atoms. The molecule has 3 fully saturated rings. The van der Waals surface area contributed by atoms with E-state index in [1.54, 1.807) is 0 Å². The van der Waals surface area contributed by atoms with E-state index in [4.69, 9.17) is 4.74 Å². The highest BCUT2D eigenvalue weighted by molar-refractivity contribution is 5.65. The van der Waals surface area contributed by atoms with Crippen LogP contribution in [-0.4, -0.2) is 23.3 Å². The Kier molecular flexibility index (Phi) is 4.63. The minimum Gasteiger partial charge on any atom is -0.465 e. The molecule has 3 rings (SSSR count). The maximum Gasteiger partial charge on any atom is 0.302 e. The van der Waals surface area contributed by atoms with Gasteiger partial charge in [-0.25, -0.2) is 0 Å². The van der Waals surface area contributed by atoms with Crippen LogP contribution in [0.2, 0.25) is 0 Å². The molecular formula is C22H36O3. The highest BCUT2D eigenvalue weighted by atomic mass is 16.5. The number of rotatable bonds is 3. The fraction of sp³-hybridized carbons (Fsp3) is 0.864. The van der Waals surface area contributed by atoms with Gasteiger partial charge in [0.2, 0.25) is 0 Å². The Morgan fingerprint density at radius 2 is 1.84 bits per heavy atom. The average molecular weight is 349 g/mol. The van der Waals surface area contributed by atoms with Gasteiger partial charge in [-0.15, -0.1) is 6.58 Å². The molecule has 0 aromatic rings. The first-order valence-corrected chi connectivity index (χ1v) is 10.1. The molecule has 0 bridgehead atoms. The minimum absolute atomic E-state index is 0.0409. The zero-order valence-electron chi connectivity index (χ0n) is 16.6. The van der Waals surface area contributed by atoms with Crippen molar-refractivity contribution in [1.82, 2.24) is 0 Å². The zero-order chi connectivity index (χ0) is 18.5.